The summed E-state index contributed by atoms with van der Waals surface area (Å²) in [6, 6.07) is 9.65. The van der Waals surface area contributed by atoms with Crippen molar-refractivity contribution >= 4 is 38.9 Å². The van der Waals surface area contributed by atoms with Gasteiger partial charge < -0.3 is 15.4 Å². The lowest BCUT2D eigenvalue weighted by Gasteiger charge is -2.24. The second-order valence-electron chi connectivity index (χ2n) is 7.26. The highest BCUT2D eigenvalue weighted by atomic mass is 32.2. The van der Waals surface area contributed by atoms with Crippen molar-refractivity contribution < 1.29 is 27.7 Å². The number of carbonyl (C=O) groups is 2. The summed E-state index contributed by atoms with van der Waals surface area (Å²) in [4.78, 5) is 35.8. The van der Waals surface area contributed by atoms with Crippen molar-refractivity contribution in [2.24, 2.45) is 0 Å². The molecule has 0 bridgehead atoms. The Morgan fingerprint density at radius 2 is 1.88 bits per heavy atom. The first kappa shape index (κ1) is 25.6. The highest BCUT2D eigenvalue weighted by Gasteiger charge is 2.27. The summed E-state index contributed by atoms with van der Waals surface area (Å²) in [6.45, 7) is 3.06. The van der Waals surface area contributed by atoms with E-state index in [9.17, 15) is 28.1 Å². The summed E-state index contributed by atoms with van der Waals surface area (Å²) in [7, 11) is -2.76. The van der Waals surface area contributed by atoms with Crippen molar-refractivity contribution in [1.82, 2.24) is 5.32 Å². The van der Waals surface area contributed by atoms with E-state index < -0.39 is 27.4 Å². The summed E-state index contributed by atoms with van der Waals surface area (Å²) in [5, 5.41) is 16.5. The Hall–Kier alpha value is -3.67. The van der Waals surface area contributed by atoms with E-state index >= 15 is 0 Å². The van der Waals surface area contributed by atoms with Gasteiger partial charge in [-0.25, -0.2) is 8.42 Å². The fraction of sp³-hybridized carbons (Fsp3) is 0.333. The van der Waals surface area contributed by atoms with Gasteiger partial charge in [-0.15, -0.1) is 0 Å². The molecule has 1 atom stereocenters. The van der Waals surface area contributed by atoms with Gasteiger partial charge in [0.15, 0.2) is 0 Å². The third kappa shape index (κ3) is 6.65. The number of anilines is 2. The molecule has 0 saturated heterocycles. The Balaban J connectivity index is 2.36. The fourth-order valence-corrected chi connectivity index (χ4v) is 3.73. The molecule has 0 fully saturated rings. The van der Waals surface area contributed by atoms with Crippen LogP contribution in [0.3, 0.4) is 0 Å². The Labute approximate surface area is 191 Å². The molecule has 178 valence electrons. The first-order valence-corrected chi connectivity index (χ1v) is 11.8. The van der Waals surface area contributed by atoms with Crippen LogP contribution in [0.25, 0.3) is 0 Å². The lowest BCUT2D eigenvalue weighted by molar-refractivity contribution is -0.384. The van der Waals surface area contributed by atoms with Crippen LogP contribution in [-0.2, 0) is 14.8 Å². The molecular formula is C21H26N4O7S. The van der Waals surface area contributed by atoms with Crippen LogP contribution in [0.2, 0.25) is 0 Å². The third-order valence-corrected chi connectivity index (χ3v) is 5.89. The van der Waals surface area contributed by atoms with Crippen molar-refractivity contribution in [3.05, 3.63) is 58.1 Å². The molecule has 0 aromatic heterocycles. The predicted molar refractivity (Wildman–Crippen MR) is 124 cm³/mol. The van der Waals surface area contributed by atoms with Gasteiger partial charge >= 0.3 is 0 Å². The number of nitrogens with zero attached hydrogens (tertiary/aromatic N) is 2. The topological polar surface area (TPSA) is 148 Å². The molecule has 0 aliphatic heterocycles. The maximum Gasteiger partial charge on any atom is 0.271 e. The molecule has 0 aliphatic carbocycles. The first-order valence-electron chi connectivity index (χ1n) is 9.97. The number of nitro benzene ring substituents is 1. The van der Waals surface area contributed by atoms with Gasteiger partial charge in [0.25, 0.3) is 11.6 Å². The number of sulfonamides is 1. The zero-order chi connectivity index (χ0) is 24.8. The second-order valence-corrected chi connectivity index (χ2v) is 9.17. The molecular weight excluding hydrogens is 452 g/mol. The van der Waals surface area contributed by atoms with Crippen molar-refractivity contribution in [2.45, 2.75) is 26.3 Å². The standard InChI is InChI=1S/C21H26N4O7S/c1-5-14(2)22-21(27)16-8-6-7-9-17(16)23-20(26)13-24(33(4,30)31)18-12-15(25(28)29)10-11-19(18)32-3/h6-12,14H,5,13H2,1-4H3,(H,22,27)(H,23,26). The highest BCUT2D eigenvalue weighted by molar-refractivity contribution is 7.92. The van der Waals surface area contributed by atoms with Crippen LogP contribution >= 0.6 is 0 Å². The number of amides is 2. The summed E-state index contributed by atoms with van der Waals surface area (Å²) in [6.07, 6.45) is 1.58. The molecule has 2 amide bonds. The average Bonchev–Trinajstić information content (AvgIpc) is 2.76. The van der Waals surface area contributed by atoms with Gasteiger partial charge in [-0.1, -0.05) is 19.1 Å². The molecule has 2 aromatic rings. The molecule has 0 heterocycles. The van der Waals surface area contributed by atoms with Crippen molar-refractivity contribution in [2.75, 3.05) is 29.5 Å². The molecule has 2 N–H and O–H groups in total. The van der Waals surface area contributed by atoms with Crippen molar-refractivity contribution in [1.29, 1.82) is 0 Å². The molecule has 2 aromatic carbocycles. The van der Waals surface area contributed by atoms with Crippen LogP contribution < -0.4 is 19.7 Å². The van der Waals surface area contributed by atoms with Crippen LogP contribution in [-0.4, -0.2) is 51.1 Å². The number of hydrogen-bond acceptors (Lipinski definition) is 7. The summed E-state index contributed by atoms with van der Waals surface area (Å²) in [5.41, 5.74) is -0.119. The number of para-hydroxylation sites is 1. The third-order valence-electron chi connectivity index (χ3n) is 4.77. The van der Waals surface area contributed by atoms with Gasteiger partial charge in [0, 0.05) is 18.2 Å². The molecule has 33 heavy (non-hydrogen) atoms. The van der Waals surface area contributed by atoms with Gasteiger partial charge in [0.1, 0.15) is 18.0 Å². The zero-order valence-corrected chi connectivity index (χ0v) is 19.5. The van der Waals surface area contributed by atoms with Crippen LogP contribution in [0.15, 0.2) is 42.5 Å². The normalized spacial score (nSPS) is 11.9. The number of non-ortho nitro benzene ring substituents is 1. The van der Waals surface area contributed by atoms with Gasteiger partial charge in [-0.3, -0.25) is 24.0 Å². The average molecular weight is 479 g/mol. The zero-order valence-electron chi connectivity index (χ0n) is 18.7. The largest absolute Gasteiger partial charge is 0.495 e. The van der Waals surface area contributed by atoms with E-state index in [1.54, 1.807) is 12.1 Å². The van der Waals surface area contributed by atoms with E-state index in [2.05, 4.69) is 10.6 Å². The minimum absolute atomic E-state index is 0.0344. The number of benzene rings is 2. The van der Waals surface area contributed by atoms with Crippen LogP contribution in [0, 0.1) is 10.1 Å². The maximum atomic E-state index is 12.8. The van der Waals surface area contributed by atoms with E-state index in [4.69, 9.17) is 4.74 Å². The van der Waals surface area contributed by atoms with E-state index in [0.717, 1.165) is 18.4 Å². The molecule has 2 rings (SSSR count). The van der Waals surface area contributed by atoms with Crippen molar-refractivity contribution in [3.8, 4) is 5.75 Å². The number of nitro groups is 1. The lowest BCUT2D eigenvalue weighted by Crippen LogP contribution is -2.38. The molecule has 11 nitrogen and oxygen atoms in total. The maximum absolute atomic E-state index is 12.8. The Morgan fingerprint density at radius 1 is 1.21 bits per heavy atom. The van der Waals surface area contributed by atoms with E-state index in [1.807, 2.05) is 13.8 Å². The Morgan fingerprint density at radius 3 is 2.45 bits per heavy atom. The highest BCUT2D eigenvalue weighted by Crippen LogP contribution is 2.33. The summed E-state index contributed by atoms with van der Waals surface area (Å²) >= 11 is 0. The van der Waals surface area contributed by atoms with Gasteiger partial charge in [-0.05, 0) is 31.5 Å². The van der Waals surface area contributed by atoms with Gasteiger partial charge in [0.05, 0.1) is 29.5 Å². The number of nitrogens with one attached hydrogen (secondary N) is 2. The van der Waals surface area contributed by atoms with Crippen molar-refractivity contribution in [3.63, 3.8) is 0 Å². The minimum atomic E-state index is -4.04. The number of ether oxygens (including phenoxy) is 1. The van der Waals surface area contributed by atoms with Crippen LogP contribution in [0.4, 0.5) is 17.1 Å². The van der Waals surface area contributed by atoms with E-state index in [1.165, 1.54) is 25.3 Å². The fourth-order valence-electron chi connectivity index (χ4n) is 2.88. The van der Waals surface area contributed by atoms with Gasteiger partial charge in [-0.2, -0.15) is 0 Å². The number of hydrogen-bond donors (Lipinski definition) is 2. The van der Waals surface area contributed by atoms with E-state index in [0.29, 0.717) is 10.7 Å². The molecule has 0 spiro atoms. The molecule has 0 aliphatic rings. The molecule has 12 heteroatoms. The van der Waals surface area contributed by atoms with Crippen LogP contribution in [0.1, 0.15) is 30.6 Å². The van der Waals surface area contributed by atoms with E-state index in [-0.39, 0.29) is 40.3 Å². The monoisotopic (exact) mass is 478 g/mol. The molecule has 1 unspecified atom stereocenters. The van der Waals surface area contributed by atoms with Crippen LogP contribution in [0.5, 0.6) is 5.75 Å². The SMILES string of the molecule is CCC(C)NC(=O)c1ccccc1NC(=O)CN(c1cc([N+](=O)[O-])ccc1OC)S(C)(=O)=O. The predicted octanol–water partition coefficient (Wildman–Crippen LogP) is 2.54. The first-order chi connectivity index (χ1) is 15.5. The Kier molecular flexibility index (Phi) is 8.35. The molecule has 0 radical (unpaired) electrons. The number of rotatable bonds is 10. The lowest BCUT2D eigenvalue weighted by atomic mass is 10.1. The van der Waals surface area contributed by atoms with Gasteiger partial charge in [0.2, 0.25) is 15.9 Å². The number of carbonyl (C=O) groups excluding carboxylic acids is 2. The minimum Gasteiger partial charge on any atom is -0.495 e. The number of methoxy groups -OCH3 is 1. The second kappa shape index (κ2) is 10.8. The Bertz CT molecular complexity index is 1150. The summed E-state index contributed by atoms with van der Waals surface area (Å²) < 4.78 is 30.8. The molecule has 0 saturated carbocycles. The summed E-state index contributed by atoms with van der Waals surface area (Å²) in [5.74, 6) is -1.11. The quantitative estimate of drug-likeness (QED) is 0.394. The smallest absolute Gasteiger partial charge is 0.271 e.